The number of nitrogens with zero attached hydrogens (tertiary/aromatic N) is 3. The predicted molar refractivity (Wildman–Crippen MR) is 205 cm³/mol. The zero-order chi connectivity index (χ0) is 44.7. The maximum absolute atomic E-state index is 14.9. The summed E-state index contributed by atoms with van der Waals surface area (Å²) in [6.07, 6.45) is -7.15. The Balaban J connectivity index is 1.30. The summed E-state index contributed by atoms with van der Waals surface area (Å²) in [6.45, 7) is 3.91. The second kappa shape index (κ2) is 14.9. The minimum Gasteiger partial charge on any atom is -0.483 e. The number of sulfonamides is 1. The summed E-state index contributed by atoms with van der Waals surface area (Å²) in [5.74, 6) is -4.08. The molecule has 5 aliphatic rings. The van der Waals surface area contributed by atoms with Gasteiger partial charge in [0.05, 0.1) is 22.5 Å². The molecule has 2 aliphatic carbocycles. The number of rotatable bonds is 6. The van der Waals surface area contributed by atoms with E-state index >= 15 is 0 Å². The van der Waals surface area contributed by atoms with Gasteiger partial charge in [0.15, 0.2) is 0 Å². The normalized spacial score (nSPS) is 28.6. The number of carboxylic acid groups (broad SMARTS) is 1. The second-order valence-electron chi connectivity index (χ2n) is 17.6. The number of halogens is 6. The maximum atomic E-state index is 14.9. The first-order chi connectivity index (χ1) is 28.2. The van der Waals surface area contributed by atoms with Crippen LogP contribution in [0.25, 0.3) is 10.9 Å². The van der Waals surface area contributed by atoms with Gasteiger partial charge in [0.25, 0.3) is 5.91 Å². The van der Waals surface area contributed by atoms with Gasteiger partial charge in [-0.3, -0.25) is 24.0 Å². The second-order valence-corrected chi connectivity index (χ2v) is 19.8. The molecule has 0 unspecified atom stereocenters. The van der Waals surface area contributed by atoms with Gasteiger partial charge in [-0.15, -0.1) is 13.2 Å². The van der Waals surface area contributed by atoms with Gasteiger partial charge in [-0.25, -0.2) is 18.2 Å². The van der Waals surface area contributed by atoms with E-state index in [1.165, 1.54) is 13.0 Å². The number of carbonyl (C=O) groups excluding carboxylic acids is 3. The molecule has 1 spiro atoms. The highest BCUT2D eigenvalue weighted by atomic mass is 32.2. The van der Waals surface area contributed by atoms with Crippen molar-refractivity contribution in [2.45, 2.75) is 144 Å². The number of carbonyl (C=O) groups is 4. The fourth-order valence-electron chi connectivity index (χ4n) is 8.85. The summed E-state index contributed by atoms with van der Waals surface area (Å²) < 4.78 is 121. The van der Waals surface area contributed by atoms with Crippen molar-refractivity contribution in [3.05, 3.63) is 41.6 Å². The van der Waals surface area contributed by atoms with E-state index in [4.69, 9.17) is 4.74 Å². The van der Waals surface area contributed by atoms with E-state index in [1.807, 2.05) is 0 Å². The van der Waals surface area contributed by atoms with Crippen LogP contribution in [0.1, 0.15) is 96.2 Å². The van der Waals surface area contributed by atoms with Crippen molar-refractivity contribution >= 4 is 44.7 Å². The number of amides is 4. The molecule has 0 bridgehead atoms. The lowest BCUT2D eigenvalue weighted by atomic mass is 9.87. The van der Waals surface area contributed by atoms with Crippen LogP contribution in [-0.2, 0) is 30.8 Å². The molecule has 1 aromatic carbocycles. The smallest absolute Gasteiger partial charge is 0.483 e. The van der Waals surface area contributed by atoms with Crippen molar-refractivity contribution in [2.75, 3.05) is 6.54 Å². The average Bonchev–Trinajstić information content (AvgIpc) is 4.04. The van der Waals surface area contributed by atoms with E-state index in [0.717, 1.165) is 17.0 Å². The number of aromatic nitrogens is 1. The number of fused-ring (bicyclic) bond motifs is 5. The van der Waals surface area contributed by atoms with Gasteiger partial charge in [0.2, 0.25) is 21.8 Å². The largest absolute Gasteiger partial charge is 0.573 e. The number of aryl methyl sites for hydroxylation is 2. The van der Waals surface area contributed by atoms with Crippen molar-refractivity contribution in [1.82, 2.24) is 24.8 Å². The highest BCUT2D eigenvalue weighted by molar-refractivity contribution is 7.91. The molecular weight excluding hydrogens is 841 g/mol. The Bertz CT molecular complexity index is 2300. The first-order valence-corrected chi connectivity index (χ1v) is 21.5. The van der Waals surface area contributed by atoms with Crippen LogP contribution in [0, 0.1) is 12.8 Å². The highest BCUT2D eigenvalue weighted by Gasteiger charge is 2.64. The fraction of sp³-hybridized carbons (Fsp3) is 0.625. The molecule has 2 aromatic rings. The van der Waals surface area contributed by atoms with Crippen LogP contribution in [0.3, 0.4) is 0 Å². The number of alkyl halides is 6. The molecular formula is C40H47F6N5O9S. The van der Waals surface area contributed by atoms with Gasteiger partial charge in [0, 0.05) is 23.3 Å². The predicted octanol–water partition coefficient (Wildman–Crippen LogP) is 6.19. The Kier molecular flexibility index (Phi) is 10.8. The van der Waals surface area contributed by atoms with E-state index in [-0.39, 0.29) is 54.6 Å². The van der Waals surface area contributed by atoms with E-state index in [9.17, 15) is 59.0 Å². The standard InChI is InChI=1S/C40H47F6N5O9S/c1-22-30-25(26-18-24(59-40(44,45)46)12-13-27(26)47-22)14-15-37(60-30)20-29-31(52)48-38(33(54)49-61(57,58)36(4)16-17-36)19-23(38)10-8-6-5-7-9-11-28(32(53)50(29)21-37)51(34(55)56)35(2,3)39(41,42)43/h8,10,12-13,18,23,28-29H,5-7,9,11,14-17,19-21H2,1-4H3,(H,48,52)(H,49,54)(H,55,56)/b10-8-/t23-,28+,29+,37-,38-/m1/s1. The SMILES string of the molecule is Cc1nc2ccc(OC(F)(F)F)cc2c2c1O[C@]1(CC2)C[C@H]2C(=O)N[C@]3(C(=O)NS(=O)(=O)C4(C)CC4)C[C@H]3/C=C\CCCCC[C@H](N(C(=O)O)C(C)(C)C(F)(F)F)C(=O)N2C1. The minimum atomic E-state index is -5.14. The van der Waals surface area contributed by atoms with Gasteiger partial charge in [0.1, 0.15) is 40.3 Å². The molecule has 4 amide bonds. The van der Waals surface area contributed by atoms with E-state index in [2.05, 4.69) is 19.8 Å². The number of pyridine rings is 1. The van der Waals surface area contributed by atoms with E-state index in [0.29, 0.717) is 62.7 Å². The Morgan fingerprint density at radius 3 is 2.41 bits per heavy atom. The Morgan fingerprint density at radius 2 is 1.77 bits per heavy atom. The Labute approximate surface area is 347 Å². The molecule has 14 nitrogen and oxygen atoms in total. The fourth-order valence-corrected chi connectivity index (χ4v) is 10.2. The van der Waals surface area contributed by atoms with Crippen molar-refractivity contribution < 1.29 is 68.5 Å². The molecule has 61 heavy (non-hydrogen) atoms. The zero-order valence-electron chi connectivity index (χ0n) is 33.8. The van der Waals surface area contributed by atoms with Gasteiger partial charge < -0.3 is 24.8 Å². The summed E-state index contributed by atoms with van der Waals surface area (Å²) in [5.41, 5.74) is -5.23. The molecule has 1 saturated heterocycles. The topological polar surface area (TPSA) is 185 Å². The van der Waals surface area contributed by atoms with Gasteiger partial charge in [-0.1, -0.05) is 25.0 Å². The van der Waals surface area contributed by atoms with Crippen LogP contribution in [0.5, 0.6) is 11.5 Å². The third-order valence-electron chi connectivity index (χ3n) is 13.0. The van der Waals surface area contributed by atoms with Crippen molar-refractivity contribution in [3.63, 3.8) is 0 Å². The zero-order valence-corrected chi connectivity index (χ0v) is 34.7. The van der Waals surface area contributed by atoms with Gasteiger partial charge >= 0.3 is 18.6 Å². The third kappa shape index (κ3) is 8.17. The first-order valence-electron chi connectivity index (χ1n) is 20.1. The molecule has 3 aliphatic heterocycles. The molecule has 4 heterocycles. The van der Waals surface area contributed by atoms with E-state index in [1.54, 1.807) is 19.1 Å². The number of hydrogen-bond donors (Lipinski definition) is 3. The summed E-state index contributed by atoms with van der Waals surface area (Å²) in [5, 5.41) is 13.3. The molecule has 7 rings (SSSR count). The maximum Gasteiger partial charge on any atom is 0.573 e. The number of benzene rings is 1. The molecule has 1 aromatic heterocycles. The number of nitrogens with one attached hydrogen (secondary N) is 2. The highest BCUT2D eigenvalue weighted by Crippen LogP contribution is 2.50. The average molecular weight is 888 g/mol. The number of ether oxygens (including phenoxy) is 2. The number of allylic oxidation sites excluding steroid dienone is 1. The van der Waals surface area contributed by atoms with Crippen LogP contribution in [0.15, 0.2) is 30.4 Å². The van der Waals surface area contributed by atoms with Crippen LogP contribution < -0.4 is 19.5 Å². The lowest BCUT2D eigenvalue weighted by Gasteiger charge is -2.43. The number of hydrogen-bond acceptors (Lipinski definition) is 9. The third-order valence-corrected chi connectivity index (χ3v) is 15.1. The molecule has 21 heteroatoms. The molecule has 0 radical (unpaired) electrons. The van der Waals surface area contributed by atoms with Crippen LogP contribution in [0.4, 0.5) is 31.1 Å². The molecule has 5 atom stereocenters. The molecule has 3 N–H and O–H groups in total. The summed E-state index contributed by atoms with van der Waals surface area (Å²) in [6, 6.07) is 0.110. The van der Waals surface area contributed by atoms with Crippen molar-refractivity contribution in [1.29, 1.82) is 0 Å². The lowest BCUT2D eigenvalue weighted by Crippen LogP contribution is -2.65. The molecule has 334 valence electrons. The van der Waals surface area contributed by atoms with Crippen LogP contribution in [0.2, 0.25) is 0 Å². The van der Waals surface area contributed by atoms with Gasteiger partial charge in [-0.05, 0) is 97.3 Å². The summed E-state index contributed by atoms with van der Waals surface area (Å²) >= 11 is 0. The van der Waals surface area contributed by atoms with E-state index < -0.39 is 98.1 Å². The molecule has 3 fully saturated rings. The van der Waals surface area contributed by atoms with Gasteiger partial charge in [-0.2, -0.15) is 13.2 Å². The Hall–Kier alpha value is -4.82. The minimum absolute atomic E-state index is 0.00381. The Morgan fingerprint density at radius 1 is 1.07 bits per heavy atom. The van der Waals surface area contributed by atoms with Crippen LogP contribution >= 0.6 is 0 Å². The van der Waals surface area contributed by atoms with Crippen molar-refractivity contribution in [3.8, 4) is 11.5 Å². The summed E-state index contributed by atoms with van der Waals surface area (Å²) in [7, 11) is -4.17. The van der Waals surface area contributed by atoms with Crippen molar-refractivity contribution in [2.24, 2.45) is 5.92 Å². The monoisotopic (exact) mass is 887 g/mol. The first kappa shape index (κ1) is 44.2. The molecule has 2 saturated carbocycles. The summed E-state index contributed by atoms with van der Waals surface area (Å²) in [4.78, 5) is 61.9. The lowest BCUT2D eigenvalue weighted by molar-refractivity contribution is -0.274. The van der Waals surface area contributed by atoms with Crippen LogP contribution in [-0.4, -0.2) is 105 Å². The quantitative estimate of drug-likeness (QED) is 0.223.